The highest BCUT2D eigenvalue weighted by Crippen LogP contribution is 2.54. The second kappa shape index (κ2) is 6.93. The second-order valence-corrected chi connectivity index (χ2v) is 7.99. The monoisotopic (exact) mass is 380 g/mol. The molecule has 4 rings (SSSR count). The molecule has 27 heavy (non-hydrogen) atoms. The van der Waals surface area contributed by atoms with Gasteiger partial charge in [-0.15, -0.1) is 0 Å². The van der Waals surface area contributed by atoms with Crippen LogP contribution in [0, 0.1) is 17.8 Å². The normalized spacial score (nSPS) is 27.7. The van der Waals surface area contributed by atoms with Crippen molar-refractivity contribution in [2.75, 3.05) is 18.4 Å². The molecule has 3 atom stereocenters. The molecule has 1 aromatic carbocycles. The Balaban J connectivity index is 1.22. The summed E-state index contributed by atoms with van der Waals surface area (Å²) in [5, 5.41) is 2.46. The summed E-state index contributed by atoms with van der Waals surface area (Å²) in [6.45, 7) is 2.00. The number of benzene rings is 1. The van der Waals surface area contributed by atoms with Crippen LogP contribution in [0.15, 0.2) is 24.3 Å². The van der Waals surface area contributed by atoms with E-state index in [1.54, 1.807) is 0 Å². The molecule has 0 spiro atoms. The van der Waals surface area contributed by atoms with Gasteiger partial charge in [-0.25, -0.2) is 0 Å². The zero-order valence-electron chi connectivity index (χ0n) is 15.0. The minimum atomic E-state index is -4.45. The third-order valence-corrected chi connectivity index (χ3v) is 6.26. The van der Waals surface area contributed by atoms with E-state index in [1.807, 2.05) is 0 Å². The van der Waals surface area contributed by atoms with Crippen LogP contribution in [0.25, 0.3) is 0 Å². The summed E-state index contributed by atoms with van der Waals surface area (Å²) in [5.41, 5.74) is -0.708. The topological polar surface area (TPSA) is 49.4 Å². The standard InChI is InChI=1S/C20H23F3N2O2/c21-20(22,23)12-3-1-4-13(9-12)24-18(27)8-7-17(26)19-15-10-25(11-16(15)19)14-5-2-6-14/h1,3-4,9,14-16,19H,2,5-8,10-11H2,(H,24,27)/t15-,16+,19?. The van der Waals surface area contributed by atoms with Crippen molar-refractivity contribution in [2.24, 2.45) is 17.8 Å². The number of piperidine rings is 1. The number of hydrogen-bond acceptors (Lipinski definition) is 3. The maximum absolute atomic E-state index is 12.7. The lowest BCUT2D eigenvalue weighted by atomic mass is 9.91. The molecule has 0 bridgehead atoms. The lowest BCUT2D eigenvalue weighted by molar-refractivity contribution is -0.137. The molecule has 4 nitrogen and oxygen atoms in total. The first-order chi connectivity index (χ1) is 12.8. The molecule has 146 valence electrons. The van der Waals surface area contributed by atoms with E-state index < -0.39 is 17.6 Å². The van der Waals surface area contributed by atoms with E-state index in [9.17, 15) is 22.8 Å². The Labute approximate surface area is 156 Å². The fourth-order valence-electron chi connectivity index (χ4n) is 4.49. The number of anilines is 1. The molecule has 0 aromatic heterocycles. The number of rotatable bonds is 6. The average molecular weight is 380 g/mol. The molecule has 1 unspecified atom stereocenters. The number of amides is 1. The van der Waals surface area contributed by atoms with E-state index >= 15 is 0 Å². The number of Topliss-reactive ketones (excluding diaryl/α,β-unsaturated/α-hetero) is 1. The largest absolute Gasteiger partial charge is 0.416 e. The fourth-order valence-corrected chi connectivity index (χ4v) is 4.49. The third-order valence-electron chi connectivity index (χ3n) is 6.26. The van der Waals surface area contributed by atoms with Gasteiger partial charge >= 0.3 is 6.18 Å². The summed E-state index contributed by atoms with van der Waals surface area (Å²) in [5.74, 6) is 0.680. The van der Waals surface area contributed by atoms with Crippen molar-refractivity contribution in [1.29, 1.82) is 0 Å². The van der Waals surface area contributed by atoms with Crippen molar-refractivity contribution in [2.45, 2.75) is 44.3 Å². The van der Waals surface area contributed by atoms with Crippen molar-refractivity contribution in [3.63, 3.8) is 0 Å². The summed E-state index contributed by atoms with van der Waals surface area (Å²) < 4.78 is 38.1. The molecule has 1 heterocycles. The number of halogens is 3. The third kappa shape index (κ3) is 3.88. The first-order valence-corrected chi connectivity index (χ1v) is 9.57. The van der Waals surface area contributed by atoms with Gasteiger partial charge in [0.05, 0.1) is 5.56 Å². The van der Waals surface area contributed by atoms with Crippen molar-refractivity contribution in [1.82, 2.24) is 4.90 Å². The number of carbonyl (C=O) groups is 2. The molecule has 1 N–H and O–H groups in total. The first-order valence-electron chi connectivity index (χ1n) is 9.57. The van der Waals surface area contributed by atoms with Gasteiger partial charge in [0.25, 0.3) is 0 Å². The molecule has 3 fully saturated rings. The van der Waals surface area contributed by atoms with E-state index in [1.165, 1.54) is 31.4 Å². The molecule has 2 saturated carbocycles. The highest BCUT2D eigenvalue weighted by atomic mass is 19.4. The van der Waals surface area contributed by atoms with Crippen LogP contribution in [0.3, 0.4) is 0 Å². The van der Waals surface area contributed by atoms with Crippen LogP contribution in [0.2, 0.25) is 0 Å². The lowest BCUT2D eigenvalue weighted by Crippen LogP contribution is -2.40. The van der Waals surface area contributed by atoms with Crippen LogP contribution in [0.4, 0.5) is 18.9 Å². The maximum Gasteiger partial charge on any atom is 0.416 e. The fraction of sp³-hybridized carbons (Fsp3) is 0.600. The van der Waals surface area contributed by atoms with E-state index in [2.05, 4.69) is 10.2 Å². The Kier molecular flexibility index (Phi) is 4.74. The number of nitrogens with one attached hydrogen (secondary N) is 1. The average Bonchev–Trinajstić information content (AvgIpc) is 3.06. The predicted octanol–water partition coefficient (Wildman–Crippen LogP) is 3.72. The van der Waals surface area contributed by atoms with Gasteiger partial charge in [-0.2, -0.15) is 13.2 Å². The Bertz CT molecular complexity index is 733. The van der Waals surface area contributed by atoms with Crippen LogP contribution < -0.4 is 5.32 Å². The summed E-state index contributed by atoms with van der Waals surface area (Å²) in [6.07, 6.45) is -0.432. The molecular formula is C20H23F3N2O2. The molecule has 1 aromatic rings. The molecular weight excluding hydrogens is 357 g/mol. The van der Waals surface area contributed by atoms with E-state index in [-0.39, 0.29) is 30.2 Å². The predicted molar refractivity (Wildman–Crippen MR) is 94.0 cm³/mol. The van der Waals surface area contributed by atoms with Gasteiger partial charge in [0, 0.05) is 43.6 Å². The van der Waals surface area contributed by atoms with Crippen LogP contribution in [0.1, 0.15) is 37.7 Å². The SMILES string of the molecule is O=C(CCC(=O)C1[C@H]2CN(C3CCC3)C[C@@H]12)Nc1cccc(C(F)(F)F)c1. The highest BCUT2D eigenvalue weighted by molar-refractivity contribution is 5.94. The lowest BCUT2D eigenvalue weighted by Gasteiger charge is -2.36. The zero-order chi connectivity index (χ0) is 19.2. The van der Waals surface area contributed by atoms with Crippen LogP contribution >= 0.6 is 0 Å². The van der Waals surface area contributed by atoms with Crippen LogP contribution in [-0.4, -0.2) is 35.7 Å². The van der Waals surface area contributed by atoms with Gasteiger partial charge < -0.3 is 5.32 Å². The Hall–Kier alpha value is -1.89. The minimum absolute atomic E-state index is 0.0113. The number of nitrogens with zero attached hydrogens (tertiary/aromatic N) is 1. The van der Waals surface area contributed by atoms with Crippen molar-refractivity contribution < 1.29 is 22.8 Å². The Morgan fingerprint density at radius 1 is 1.11 bits per heavy atom. The Morgan fingerprint density at radius 2 is 1.81 bits per heavy atom. The van der Waals surface area contributed by atoms with Gasteiger partial charge in [0.1, 0.15) is 5.78 Å². The van der Waals surface area contributed by atoms with Gasteiger partial charge in [0.15, 0.2) is 0 Å². The van der Waals surface area contributed by atoms with Crippen LogP contribution in [0.5, 0.6) is 0 Å². The van der Waals surface area contributed by atoms with Crippen molar-refractivity contribution in [3.05, 3.63) is 29.8 Å². The van der Waals surface area contributed by atoms with Crippen LogP contribution in [-0.2, 0) is 15.8 Å². The molecule has 1 saturated heterocycles. The van der Waals surface area contributed by atoms with Gasteiger partial charge in [-0.3, -0.25) is 14.5 Å². The molecule has 3 aliphatic rings. The number of ketones is 1. The smallest absolute Gasteiger partial charge is 0.326 e. The Morgan fingerprint density at radius 3 is 2.41 bits per heavy atom. The summed E-state index contributed by atoms with van der Waals surface area (Å²) in [7, 11) is 0. The van der Waals surface area contributed by atoms with Crippen molar-refractivity contribution in [3.8, 4) is 0 Å². The zero-order valence-corrected chi connectivity index (χ0v) is 15.0. The summed E-state index contributed by atoms with van der Waals surface area (Å²) in [4.78, 5) is 26.9. The van der Waals surface area contributed by atoms with Gasteiger partial charge in [0.2, 0.25) is 5.91 Å². The maximum atomic E-state index is 12.7. The number of likely N-dealkylation sites (tertiary alicyclic amines) is 1. The van der Waals surface area contributed by atoms with Gasteiger partial charge in [-0.05, 0) is 42.9 Å². The highest BCUT2D eigenvalue weighted by Gasteiger charge is 2.59. The number of carbonyl (C=O) groups excluding carboxylic acids is 2. The summed E-state index contributed by atoms with van der Waals surface area (Å²) >= 11 is 0. The van der Waals surface area contributed by atoms with Crippen molar-refractivity contribution >= 4 is 17.4 Å². The molecule has 7 heteroatoms. The van der Waals surface area contributed by atoms with E-state index in [0.717, 1.165) is 25.2 Å². The minimum Gasteiger partial charge on any atom is -0.326 e. The molecule has 2 aliphatic carbocycles. The van der Waals surface area contributed by atoms with E-state index in [4.69, 9.17) is 0 Å². The number of hydrogen-bond donors (Lipinski definition) is 1. The number of alkyl halides is 3. The first kappa shape index (κ1) is 18.5. The second-order valence-electron chi connectivity index (χ2n) is 7.99. The molecule has 0 radical (unpaired) electrons. The quantitative estimate of drug-likeness (QED) is 0.818. The molecule has 1 amide bonds. The summed E-state index contributed by atoms with van der Waals surface area (Å²) in [6, 6.07) is 5.24. The molecule has 1 aliphatic heterocycles. The van der Waals surface area contributed by atoms with E-state index in [0.29, 0.717) is 17.9 Å². The van der Waals surface area contributed by atoms with Gasteiger partial charge in [-0.1, -0.05) is 12.5 Å². The number of fused-ring (bicyclic) bond motifs is 1.